The molecule has 0 heterocycles. The van der Waals surface area contributed by atoms with Crippen LogP contribution in [0.2, 0.25) is 0 Å². The first kappa shape index (κ1) is 10.9. The van der Waals surface area contributed by atoms with Crippen molar-refractivity contribution in [1.82, 2.24) is 0 Å². The third-order valence-electron chi connectivity index (χ3n) is 1.72. The summed E-state index contributed by atoms with van der Waals surface area (Å²) in [6, 6.07) is 4.84. The summed E-state index contributed by atoms with van der Waals surface area (Å²) in [4.78, 5) is 10.4. The average Bonchev–Trinajstić information content (AvgIpc) is 2.16. The van der Waals surface area contributed by atoms with Gasteiger partial charge in [0.15, 0.2) is 5.38 Å². The molecule has 0 aliphatic rings. The second-order valence-corrected chi connectivity index (χ2v) is 3.21. The molecule has 0 radical (unpaired) electrons. The van der Waals surface area contributed by atoms with Crippen LogP contribution < -0.4 is 0 Å². The van der Waals surface area contributed by atoms with Crippen molar-refractivity contribution in [3.8, 4) is 0 Å². The van der Waals surface area contributed by atoms with E-state index in [1.54, 1.807) is 0 Å². The van der Waals surface area contributed by atoms with Crippen LogP contribution in [-0.4, -0.2) is 21.6 Å². The fraction of sp³-hybridized carbons (Fsp3) is 0.222. The molecule has 3 nitrogen and oxygen atoms in total. The zero-order chi connectivity index (χ0) is 10.7. The molecule has 1 rings (SSSR count). The molecule has 0 aromatic heterocycles. The molecule has 0 amide bonds. The van der Waals surface area contributed by atoms with Gasteiger partial charge in [-0.25, -0.2) is 4.39 Å². The largest absolute Gasteiger partial charge is 0.480 e. The molecule has 1 aromatic carbocycles. The quantitative estimate of drug-likeness (QED) is 0.757. The van der Waals surface area contributed by atoms with Crippen molar-refractivity contribution in [2.75, 3.05) is 0 Å². The Balaban J connectivity index is 2.84. The molecule has 0 saturated heterocycles. The highest BCUT2D eigenvalue weighted by Crippen LogP contribution is 2.21. The van der Waals surface area contributed by atoms with Crippen LogP contribution >= 0.6 is 11.6 Å². The van der Waals surface area contributed by atoms with Gasteiger partial charge in [0.25, 0.3) is 0 Å². The van der Waals surface area contributed by atoms with Gasteiger partial charge in [-0.05, 0) is 17.7 Å². The standard InChI is InChI=1S/C9H8ClFO3/c10-7(9(13)14)8(12)5-1-3-6(11)4-2-5/h1-4,7-8,12H,(H,13,14). The number of carboxylic acids is 1. The van der Waals surface area contributed by atoms with Crippen LogP contribution in [0.4, 0.5) is 4.39 Å². The first-order chi connectivity index (χ1) is 6.52. The van der Waals surface area contributed by atoms with Gasteiger partial charge in [0.1, 0.15) is 11.9 Å². The maximum absolute atomic E-state index is 12.5. The molecule has 0 aliphatic heterocycles. The van der Waals surface area contributed by atoms with Gasteiger partial charge in [-0.15, -0.1) is 11.6 Å². The number of carboxylic acid groups (broad SMARTS) is 1. The van der Waals surface area contributed by atoms with Crippen LogP contribution in [0.5, 0.6) is 0 Å². The topological polar surface area (TPSA) is 57.5 Å². The summed E-state index contributed by atoms with van der Waals surface area (Å²) >= 11 is 5.40. The summed E-state index contributed by atoms with van der Waals surface area (Å²) in [5, 5.41) is 16.5. The van der Waals surface area contributed by atoms with E-state index in [9.17, 15) is 14.3 Å². The molecule has 76 valence electrons. The summed E-state index contributed by atoms with van der Waals surface area (Å²) in [6.45, 7) is 0. The second-order valence-electron chi connectivity index (χ2n) is 2.74. The molecule has 2 unspecified atom stereocenters. The Morgan fingerprint density at radius 2 is 1.86 bits per heavy atom. The number of alkyl halides is 1. The number of hydrogen-bond donors (Lipinski definition) is 2. The van der Waals surface area contributed by atoms with Gasteiger partial charge >= 0.3 is 5.97 Å². The molecule has 0 saturated carbocycles. The minimum absolute atomic E-state index is 0.272. The van der Waals surface area contributed by atoms with Crippen molar-refractivity contribution in [3.63, 3.8) is 0 Å². The van der Waals surface area contributed by atoms with Crippen LogP contribution in [0.1, 0.15) is 11.7 Å². The van der Waals surface area contributed by atoms with E-state index in [1.807, 2.05) is 0 Å². The van der Waals surface area contributed by atoms with E-state index < -0.39 is 23.3 Å². The van der Waals surface area contributed by atoms with Crippen LogP contribution in [0.25, 0.3) is 0 Å². The zero-order valence-corrected chi connectivity index (χ0v) is 7.78. The van der Waals surface area contributed by atoms with Crippen molar-refractivity contribution in [2.24, 2.45) is 0 Å². The highest BCUT2D eigenvalue weighted by Gasteiger charge is 2.24. The molecule has 0 bridgehead atoms. The molecule has 14 heavy (non-hydrogen) atoms. The van der Waals surface area contributed by atoms with E-state index >= 15 is 0 Å². The van der Waals surface area contributed by atoms with E-state index in [2.05, 4.69) is 0 Å². The summed E-state index contributed by atoms with van der Waals surface area (Å²) < 4.78 is 12.5. The molecular weight excluding hydrogens is 211 g/mol. The van der Waals surface area contributed by atoms with E-state index in [1.165, 1.54) is 12.1 Å². The SMILES string of the molecule is O=C(O)C(Cl)C(O)c1ccc(F)cc1. The Morgan fingerprint density at radius 1 is 1.36 bits per heavy atom. The Morgan fingerprint density at radius 3 is 2.29 bits per heavy atom. The second kappa shape index (κ2) is 4.39. The van der Waals surface area contributed by atoms with Crippen LogP contribution in [0.15, 0.2) is 24.3 Å². The first-order valence-corrected chi connectivity index (χ1v) is 4.26. The number of halogens is 2. The maximum Gasteiger partial charge on any atom is 0.324 e. The van der Waals surface area contributed by atoms with Crippen LogP contribution in [0, 0.1) is 5.82 Å². The van der Waals surface area contributed by atoms with Gasteiger partial charge in [-0.2, -0.15) is 0 Å². The molecule has 0 aliphatic carbocycles. The number of aliphatic hydroxyl groups is 1. The lowest BCUT2D eigenvalue weighted by molar-refractivity contribution is -0.138. The average molecular weight is 219 g/mol. The lowest BCUT2D eigenvalue weighted by Gasteiger charge is -2.12. The summed E-state index contributed by atoms with van der Waals surface area (Å²) in [5.41, 5.74) is 0.272. The van der Waals surface area contributed by atoms with Crippen molar-refractivity contribution < 1.29 is 19.4 Å². The highest BCUT2D eigenvalue weighted by atomic mass is 35.5. The Hall–Kier alpha value is -1.13. The zero-order valence-electron chi connectivity index (χ0n) is 7.02. The molecule has 1 aromatic rings. The Kier molecular flexibility index (Phi) is 3.43. The van der Waals surface area contributed by atoms with Gasteiger partial charge in [0.05, 0.1) is 0 Å². The smallest absolute Gasteiger partial charge is 0.324 e. The van der Waals surface area contributed by atoms with Crippen molar-refractivity contribution in [2.45, 2.75) is 11.5 Å². The molecule has 5 heteroatoms. The van der Waals surface area contributed by atoms with Gasteiger partial charge in [0, 0.05) is 0 Å². The molecule has 0 fully saturated rings. The third kappa shape index (κ3) is 2.43. The van der Waals surface area contributed by atoms with Crippen molar-refractivity contribution in [1.29, 1.82) is 0 Å². The highest BCUT2D eigenvalue weighted by molar-refractivity contribution is 6.30. The van der Waals surface area contributed by atoms with E-state index in [0.29, 0.717) is 0 Å². The van der Waals surface area contributed by atoms with Gasteiger partial charge in [0.2, 0.25) is 0 Å². The van der Waals surface area contributed by atoms with Crippen molar-refractivity contribution >= 4 is 17.6 Å². The van der Waals surface area contributed by atoms with Gasteiger partial charge in [-0.3, -0.25) is 4.79 Å². The minimum Gasteiger partial charge on any atom is -0.480 e. The lowest BCUT2D eigenvalue weighted by Crippen LogP contribution is -2.22. The van der Waals surface area contributed by atoms with Crippen molar-refractivity contribution in [3.05, 3.63) is 35.6 Å². The van der Waals surface area contributed by atoms with E-state index in [4.69, 9.17) is 16.7 Å². The van der Waals surface area contributed by atoms with E-state index in [0.717, 1.165) is 12.1 Å². The normalized spacial score (nSPS) is 14.8. The molecule has 0 spiro atoms. The number of benzene rings is 1. The lowest BCUT2D eigenvalue weighted by atomic mass is 10.1. The van der Waals surface area contributed by atoms with Gasteiger partial charge in [-0.1, -0.05) is 12.1 Å². The number of rotatable bonds is 3. The summed E-state index contributed by atoms with van der Waals surface area (Å²) in [6.07, 6.45) is -1.34. The summed E-state index contributed by atoms with van der Waals surface area (Å²) in [7, 11) is 0. The maximum atomic E-state index is 12.5. The number of carbonyl (C=O) groups is 1. The summed E-state index contributed by atoms with van der Waals surface area (Å²) in [5.74, 6) is -1.77. The molecule has 2 atom stereocenters. The number of aliphatic hydroxyl groups excluding tert-OH is 1. The monoisotopic (exact) mass is 218 g/mol. The van der Waals surface area contributed by atoms with Gasteiger partial charge < -0.3 is 10.2 Å². The first-order valence-electron chi connectivity index (χ1n) is 3.83. The number of aliphatic carboxylic acids is 1. The number of hydrogen-bond acceptors (Lipinski definition) is 2. The van der Waals surface area contributed by atoms with Crippen LogP contribution in [0.3, 0.4) is 0 Å². The Bertz CT molecular complexity index is 325. The van der Waals surface area contributed by atoms with Crippen LogP contribution in [-0.2, 0) is 4.79 Å². The predicted molar refractivity (Wildman–Crippen MR) is 48.6 cm³/mol. The minimum atomic E-state index is -1.43. The molecular formula is C9H8ClFO3. The fourth-order valence-corrected chi connectivity index (χ4v) is 1.11. The Labute approximate surface area is 84.7 Å². The third-order valence-corrected chi connectivity index (χ3v) is 2.15. The predicted octanol–water partition coefficient (Wildman–Crippen LogP) is 1.55. The molecule has 2 N–H and O–H groups in total. The fourth-order valence-electron chi connectivity index (χ4n) is 0.964. The van der Waals surface area contributed by atoms with E-state index in [-0.39, 0.29) is 5.56 Å².